The zero-order valence-electron chi connectivity index (χ0n) is 12.5. The van der Waals surface area contributed by atoms with Crippen molar-refractivity contribution in [3.63, 3.8) is 0 Å². The van der Waals surface area contributed by atoms with Crippen molar-refractivity contribution in [3.8, 4) is 0 Å². The molecule has 2 rings (SSSR count). The predicted molar refractivity (Wildman–Crippen MR) is 88.7 cm³/mol. The highest BCUT2D eigenvalue weighted by Gasteiger charge is 2.10. The van der Waals surface area contributed by atoms with E-state index in [0.29, 0.717) is 29.6 Å². The summed E-state index contributed by atoms with van der Waals surface area (Å²) in [6, 6.07) is 8.88. The minimum absolute atomic E-state index is 0.277. The van der Waals surface area contributed by atoms with Gasteiger partial charge in [-0.2, -0.15) is 0 Å². The van der Waals surface area contributed by atoms with Crippen molar-refractivity contribution in [2.24, 2.45) is 0 Å². The van der Waals surface area contributed by atoms with E-state index in [4.69, 9.17) is 16.3 Å². The summed E-state index contributed by atoms with van der Waals surface area (Å²) in [5.41, 5.74) is 2.66. The molecule has 6 heteroatoms. The number of aromatic nitrogens is 1. The number of carbonyl (C=O) groups is 1. The Morgan fingerprint density at radius 3 is 2.95 bits per heavy atom. The molecule has 0 radical (unpaired) electrons. The maximum absolute atomic E-state index is 12.3. The summed E-state index contributed by atoms with van der Waals surface area (Å²) in [4.78, 5) is 16.4. The van der Waals surface area contributed by atoms with Crippen molar-refractivity contribution >= 4 is 28.9 Å². The number of hydrogen-bond acceptors (Lipinski definition) is 4. The van der Waals surface area contributed by atoms with E-state index in [1.165, 1.54) is 0 Å². The SMILES string of the molecule is COCCNc1ccnc(C(=O)Nc2cccc(Cl)c2C)c1. The lowest BCUT2D eigenvalue weighted by Crippen LogP contribution is -2.15. The van der Waals surface area contributed by atoms with Gasteiger partial charge in [0.25, 0.3) is 5.91 Å². The number of ether oxygens (including phenoxy) is 1. The van der Waals surface area contributed by atoms with Gasteiger partial charge in [-0.05, 0) is 36.8 Å². The van der Waals surface area contributed by atoms with Crippen molar-refractivity contribution < 1.29 is 9.53 Å². The van der Waals surface area contributed by atoms with Crippen LogP contribution in [0.5, 0.6) is 0 Å². The topological polar surface area (TPSA) is 63.2 Å². The minimum Gasteiger partial charge on any atom is -0.383 e. The van der Waals surface area contributed by atoms with Crippen molar-refractivity contribution in [2.45, 2.75) is 6.92 Å². The van der Waals surface area contributed by atoms with Crippen LogP contribution in [-0.4, -0.2) is 31.2 Å². The standard InChI is InChI=1S/C16H18ClN3O2/c1-11-13(17)4-3-5-14(11)20-16(21)15-10-12(6-7-19-15)18-8-9-22-2/h3-7,10H,8-9H2,1-2H3,(H,18,19)(H,20,21). The van der Waals surface area contributed by atoms with Crippen molar-refractivity contribution in [1.29, 1.82) is 0 Å². The molecule has 2 aromatic rings. The fourth-order valence-corrected chi connectivity index (χ4v) is 2.07. The summed E-state index contributed by atoms with van der Waals surface area (Å²) in [5.74, 6) is -0.277. The molecule has 0 atom stereocenters. The molecule has 0 fully saturated rings. The Morgan fingerprint density at radius 1 is 1.36 bits per heavy atom. The Kier molecular flexibility index (Phi) is 5.75. The molecule has 116 valence electrons. The third-order valence-electron chi connectivity index (χ3n) is 3.14. The van der Waals surface area contributed by atoms with E-state index in [9.17, 15) is 4.79 Å². The fourth-order valence-electron chi connectivity index (χ4n) is 1.89. The molecule has 1 aromatic carbocycles. The fraction of sp³-hybridized carbons (Fsp3) is 0.250. The molecule has 0 bridgehead atoms. The molecular weight excluding hydrogens is 302 g/mol. The second-order valence-electron chi connectivity index (χ2n) is 4.72. The number of hydrogen-bond donors (Lipinski definition) is 2. The molecule has 2 N–H and O–H groups in total. The van der Waals surface area contributed by atoms with E-state index in [-0.39, 0.29) is 5.91 Å². The van der Waals surface area contributed by atoms with E-state index >= 15 is 0 Å². The minimum atomic E-state index is -0.277. The summed E-state index contributed by atoms with van der Waals surface area (Å²) in [6.07, 6.45) is 1.59. The van der Waals surface area contributed by atoms with Crippen LogP contribution in [0, 0.1) is 6.92 Å². The van der Waals surface area contributed by atoms with Crippen LogP contribution in [0.3, 0.4) is 0 Å². The Hall–Kier alpha value is -2.11. The van der Waals surface area contributed by atoms with Crippen molar-refractivity contribution in [2.75, 3.05) is 30.9 Å². The number of carbonyl (C=O) groups excluding carboxylic acids is 1. The van der Waals surface area contributed by atoms with Gasteiger partial charge < -0.3 is 15.4 Å². The van der Waals surface area contributed by atoms with E-state index in [1.54, 1.807) is 43.6 Å². The first-order valence-corrected chi connectivity index (χ1v) is 7.25. The molecule has 1 aromatic heterocycles. The summed E-state index contributed by atoms with van der Waals surface area (Å²) >= 11 is 6.05. The van der Waals surface area contributed by atoms with Gasteiger partial charge >= 0.3 is 0 Å². The molecule has 0 spiro atoms. The monoisotopic (exact) mass is 319 g/mol. The van der Waals surface area contributed by atoms with Gasteiger partial charge in [0, 0.05) is 36.2 Å². The van der Waals surface area contributed by atoms with Crippen LogP contribution < -0.4 is 10.6 Å². The van der Waals surface area contributed by atoms with Gasteiger partial charge in [0.1, 0.15) is 5.69 Å². The van der Waals surface area contributed by atoms with Crippen LogP contribution in [0.4, 0.5) is 11.4 Å². The van der Waals surface area contributed by atoms with Gasteiger partial charge in [-0.3, -0.25) is 9.78 Å². The van der Waals surface area contributed by atoms with Crippen LogP contribution in [0.1, 0.15) is 16.1 Å². The number of nitrogens with zero attached hydrogens (tertiary/aromatic N) is 1. The molecule has 1 heterocycles. The summed E-state index contributed by atoms with van der Waals surface area (Å²) < 4.78 is 4.97. The molecule has 0 saturated heterocycles. The first-order chi connectivity index (χ1) is 10.6. The summed E-state index contributed by atoms with van der Waals surface area (Å²) in [7, 11) is 1.64. The molecule has 0 saturated carbocycles. The number of methoxy groups -OCH3 is 1. The predicted octanol–water partition coefficient (Wildman–Crippen LogP) is 3.35. The molecule has 1 amide bonds. The van der Waals surface area contributed by atoms with Gasteiger partial charge in [0.2, 0.25) is 0 Å². The van der Waals surface area contributed by atoms with Crippen LogP contribution in [0.25, 0.3) is 0 Å². The first kappa shape index (κ1) is 16.3. The summed E-state index contributed by atoms with van der Waals surface area (Å²) in [6.45, 7) is 3.11. The number of pyridine rings is 1. The number of halogens is 1. The summed E-state index contributed by atoms with van der Waals surface area (Å²) in [5, 5.41) is 6.59. The average Bonchev–Trinajstić information content (AvgIpc) is 2.52. The number of nitrogens with one attached hydrogen (secondary N) is 2. The van der Waals surface area contributed by atoms with Gasteiger partial charge in [-0.25, -0.2) is 0 Å². The van der Waals surface area contributed by atoms with Crippen LogP contribution >= 0.6 is 11.6 Å². The second-order valence-corrected chi connectivity index (χ2v) is 5.12. The third-order valence-corrected chi connectivity index (χ3v) is 3.55. The van der Waals surface area contributed by atoms with Gasteiger partial charge in [-0.1, -0.05) is 17.7 Å². The lowest BCUT2D eigenvalue weighted by molar-refractivity contribution is 0.102. The Bertz CT molecular complexity index is 662. The zero-order valence-corrected chi connectivity index (χ0v) is 13.3. The van der Waals surface area contributed by atoms with Crippen molar-refractivity contribution in [3.05, 3.63) is 52.8 Å². The number of rotatable bonds is 6. The third kappa shape index (κ3) is 4.19. The molecular formula is C16H18ClN3O2. The maximum Gasteiger partial charge on any atom is 0.274 e. The normalized spacial score (nSPS) is 10.3. The second kappa shape index (κ2) is 7.77. The highest BCUT2D eigenvalue weighted by atomic mass is 35.5. The van der Waals surface area contributed by atoms with Gasteiger partial charge in [0.05, 0.1) is 6.61 Å². The van der Waals surface area contributed by atoms with Gasteiger partial charge in [-0.15, -0.1) is 0 Å². The van der Waals surface area contributed by atoms with E-state index in [1.807, 2.05) is 6.92 Å². The van der Waals surface area contributed by atoms with Crippen molar-refractivity contribution in [1.82, 2.24) is 4.98 Å². The Balaban J connectivity index is 2.09. The lowest BCUT2D eigenvalue weighted by Gasteiger charge is -2.10. The number of anilines is 2. The molecule has 5 nitrogen and oxygen atoms in total. The van der Waals surface area contributed by atoms with E-state index in [2.05, 4.69) is 15.6 Å². The maximum atomic E-state index is 12.3. The quantitative estimate of drug-likeness (QED) is 0.801. The molecule has 0 unspecified atom stereocenters. The van der Waals surface area contributed by atoms with E-state index in [0.717, 1.165) is 11.3 Å². The highest BCUT2D eigenvalue weighted by Crippen LogP contribution is 2.23. The molecule has 0 aliphatic rings. The van der Waals surface area contributed by atoms with Crippen LogP contribution in [-0.2, 0) is 4.74 Å². The Labute approximate surface area is 134 Å². The number of benzene rings is 1. The first-order valence-electron chi connectivity index (χ1n) is 6.87. The lowest BCUT2D eigenvalue weighted by atomic mass is 10.2. The van der Waals surface area contributed by atoms with Gasteiger partial charge in [0.15, 0.2) is 0 Å². The smallest absolute Gasteiger partial charge is 0.274 e. The molecule has 0 aliphatic heterocycles. The van der Waals surface area contributed by atoms with Crippen LogP contribution in [0.2, 0.25) is 5.02 Å². The largest absolute Gasteiger partial charge is 0.383 e. The average molecular weight is 320 g/mol. The molecule has 0 aliphatic carbocycles. The Morgan fingerprint density at radius 2 is 2.18 bits per heavy atom. The number of amides is 1. The zero-order chi connectivity index (χ0) is 15.9. The molecule has 22 heavy (non-hydrogen) atoms. The van der Waals surface area contributed by atoms with Crippen LogP contribution in [0.15, 0.2) is 36.5 Å². The van der Waals surface area contributed by atoms with E-state index < -0.39 is 0 Å². The highest BCUT2D eigenvalue weighted by molar-refractivity contribution is 6.31.